The first-order chi connectivity index (χ1) is 13.8. The van der Waals surface area contributed by atoms with E-state index in [-0.39, 0.29) is 24.5 Å². The molecule has 0 aliphatic carbocycles. The smallest absolute Gasteiger partial charge is 0.251 e. The molecule has 29 heavy (non-hydrogen) atoms. The number of carbonyl (C=O) groups is 2. The fraction of sp³-hybridized carbons (Fsp3) is 0.391. The fourth-order valence-electron chi connectivity index (χ4n) is 2.79. The van der Waals surface area contributed by atoms with Gasteiger partial charge in [-0.05, 0) is 70.0 Å². The molecule has 0 spiro atoms. The van der Waals surface area contributed by atoms with Crippen LogP contribution in [0.25, 0.3) is 0 Å². The van der Waals surface area contributed by atoms with E-state index in [1.807, 2.05) is 39.8 Å². The second-order valence-corrected chi connectivity index (χ2v) is 7.33. The Bertz CT molecular complexity index is 817. The molecule has 3 N–H and O–H groups in total. The maximum atomic E-state index is 12.2. The van der Waals surface area contributed by atoms with Crippen molar-refractivity contribution in [2.24, 2.45) is 0 Å². The second-order valence-electron chi connectivity index (χ2n) is 7.33. The van der Waals surface area contributed by atoms with Gasteiger partial charge in [-0.15, -0.1) is 0 Å². The Balaban J connectivity index is 1.76. The number of nitrogens with one attached hydrogen (secondary N) is 3. The number of anilines is 2. The van der Waals surface area contributed by atoms with Crippen LogP contribution >= 0.6 is 0 Å². The molecule has 6 nitrogen and oxygen atoms in total. The van der Waals surface area contributed by atoms with Gasteiger partial charge in [-0.1, -0.05) is 17.7 Å². The fourth-order valence-corrected chi connectivity index (χ4v) is 2.79. The van der Waals surface area contributed by atoms with Gasteiger partial charge in [0.15, 0.2) is 0 Å². The molecule has 0 aromatic heterocycles. The van der Waals surface area contributed by atoms with Crippen LogP contribution in [0.1, 0.15) is 41.8 Å². The van der Waals surface area contributed by atoms with Gasteiger partial charge in [0.2, 0.25) is 5.91 Å². The standard InChI is InChI=1S/C23H31N3O3/c1-16(2)29-13-5-12-24-23(28)19-7-9-20(10-8-19)26-22(27)15-25-21-11-6-17(3)14-18(21)4/h6-11,14,16,25H,5,12-13,15H2,1-4H3,(H,24,28)(H,26,27). The molecule has 0 saturated carbocycles. The van der Waals surface area contributed by atoms with Crippen molar-refractivity contribution in [3.8, 4) is 0 Å². The first kappa shape index (κ1) is 22.4. The zero-order valence-electron chi connectivity index (χ0n) is 17.7. The number of rotatable bonds is 10. The van der Waals surface area contributed by atoms with Gasteiger partial charge in [0.05, 0.1) is 12.6 Å². The highest BCUT2D eigenvalue weighted by Crippen LogP contribution is 2.16. The summed E-state index contributed by atoms with van der Waals surface area (Å²) in [4.78, 5) is 24.3. The highest BCUT2D eigenvalue weighted by Gasteiger charge is 2.07. The lowest BCUT2D eigenvalue weighted by molar-refractivity contribution is -0.114. The number of aryl methyl sites for hydroxylation is 2. The molecule has 6 heteroatoms. The van der Waals surface area contributed by atoms with Crippen molar-refractivity contribution in [3.05, 3.63) is 59.2 Å². The summed E-state index contributed by atoms with van der Waals surface area (Å²) in [7, 11) is 0. The van der Waals surface area contributed by atoms with Crippen LogP contribution in [0.3, 0.4) is 0 Å². The number of benzene rings is 2. The summed E-state index contributed by atoms with van der Waals surface area (Å²) in [5.41, 5.74) is 4.44. The summed E-state index contributed by atoms with van der Waals surface area (Å²) in [5.74, 6) is -0.281. The molecule has 0 radical (unpaired) electrons. The van der Waals surface area contributed by atoms with Gasteiger partial charge in [-0.3, -0.25) is 9.59 Å². The topological polar surface area (TPSA) is 79.5 Å². The molecule has 0 atom stereocenters. The molecule has 2 aromatic carbocycles. The van der Waals surface area contributed by atoms with Gasteiger partial charge < -0.3 is 20.7 Å². The van der Waals surface area contributed by atoms with Crippen molar-refractivity contribution in [2.45, 2.75) is 40.2 Å². The molecule has 2 amide bonds. The number of hydrogen-bond donors (Lipinski definition) is 3. The van der Waals surface area contributed by atoms with Crippen LogP contribution in [0.2, 0.25) is 0 Å². The third kappa shape index (κ3) is 7.95. The van der Waals surface area contributed by atoms with E-state index in [0.29, 0.717) is 24.4 Å². The predicted octanol–water partition coefficient (Wildman–Crippen LogP) is 3.90. The average molecular weight is 398 g/mol. The molecule has 0 heterocycles. The largest absolute Gasteiger partial charge is 0.379 e. The Morgan fingerprint density at radius 3 is 2.41 bits per heavy atom. The van der Waals surface area contributed by atoms with E-state index >= 15 is 0 Å². The maximum Gasteiger partial charge on any atom is 0.251 e. The minimum atomic E-state index is -0.146. The first-order valence-electron chi connectivity index (χ1n) is 9.96. The molecule has 0 aliphatic rings. The highest BCUT2D eigenvalue weighted by molar-refractivity contribution is 5.96. The van der Waals surface area contributed by atoms with Crippen molar-refractivity contribution >= 4 is 23.2 Å². The normalized spacial score (nSPS) is 10.7. The average Bonchev–Trinajstić information content (AvgIpc) is 2.67. The lowest BCUT2D eigenvalue weighted by Gasteiger charge is -2.11. The van der Waals surface area contributed by atoms with Crippen LogP contribution in [0.15, 0.2) is 42.5 Å². The summed E-state index contributed by atoms with van der Waals surface area (Å²) in [6, 6.07) is 12.9. The Morgan fingerprint density at radius 2 is 1.76 bits per heavy atom. The zero-order chi connectivity index (χ0) is 21.2. The quantitative estimate of drug-likeness (QED) is 0.531. The van der Waals surface area contributed by atoms with E-state index in [9.17, 15) is 9.59 Å². The molecule has 2 rings (SSSR count). The predicted molar refractivity (Wildman–Crippen MR) is 118 cm³/mol. The number of carbonyl (C=O) groups excluding carboxylic acids is 2. The first-order valence-corrected chi connectivity index (χ1v) is 9.96. The highest BCUT2D eigenvalue weighted by atomic mass is 16.5. The SMILES string of the molecule is Cc1ccc(NCC(=O)Nc2ccc(C(=O)NCCCOC(C)C)cc2)c(C)c1. The number of amides is 2. The van der Waals surface area contributed by atoms with Crippen molar-refractivity contribution in [3.63, 3.8) is 0 Å². The van der Waals surface area contributed by atoms with Crippen LogP contribution < -0.4 is 16.0 Å². The summed E-state index contributed by atoms with van der Waals surface area (Å²) in [6.07, 6.45) is 0.968. The van der Waals surface area contributed by atoms with Crippen molar-refractivity contribution in [1.29, 1.82) is 0 Å². The molecule has 0 unspecified atom stereocenters. The van der Waals surface area contributed by atoms with Gasteiger partial charge in [0.25, 0.3) is 5.91 Å². The Hall–Kier alpha value is -2.86. The van der Waals surface area contributed by atoms with E-state index < -0.39 is 0 Å². The van der Waals surface area contributed by atoms with Crippen LogP contribution in [0.4, 0.5) is 11.4 Å². The lowest BCUT2D eigenvalue weighted by Crippen LogP contribution is -2.25. The van der Waals surface area contributed by atoms with E-state index in [0.717, 1.165) is 17.7 Å². The summed E-state index contributed by atoms with van der Waals surface area (Å²) in [5, 5.41) is 8.84. The molecular formula is C23H31N3O3. The van der Waals surface area contributed by atoms with E-state index in [1.54, 1.807) is 24.3 Å². The maximum absolute atomic E-state index is 12.2. The lowest BCUT2D eigenvalue weighted by atomic mass is 10.1. The van der Waals surface area contributed by atoms with Gasteiger partial charge in [-0.2, -0.15) is 0 Å². The summed E-state index contributed by atoms with van der Waals surface area (Å²) in [6.45, 7) is 9.37. The van der Waals surface area contributed by atoms with Crippen molar-refractivity contribution in [1.82, 2.24) is 5.32 Å². The molecule has 0 aliphatic heterocycles. The van der Waals surface area contributed by atoms with Gasteiger partial charge >= 0.3 is 0 Å². The molecular weight excluding hydrogens is 366 g/mol. The summed E-state index contributed by atoms with van der Waals surface area (Å²) < 4.78 is 5.45. The van der Waals surface area contributed by atoms with E-state index in [2.05, 4.69) is 22.0 Å². The second kappa shape index (κ2) is 11.2. The van der Waals surface area contributed by atoms with E-state index in [1.165, 1.54) is 5.56 Å². The third-order valence-corrected chi connectivity index (χ3v) is 4.31. The zero-order valence-corrected chi connectivity index (χ0v) is 17.7. The van der Waals surface area contributed by atoms with Crippen LogP contribution in [-0.4, -0.2) is 37.6 Å². The van der Waals surface area contributed by atoms with Crippen LogP contribution in [-0.2, 0) is 9.53 Å². The van der Waals surface area contributed by atoms with Gasteiger partial charge in [-0.25, -0.2) is 0 Å². The number of ether oxygens (including phenoxy) is 1. The summed E-state index contributed by atoms with van der Waals surface area (Å²) >= 11 is 0. The Kier molecular flexibility index (Phi) is 8.68. The molecule has 156 valence electrons. The Labute approximate surface area is 173 Å². The number of hydrogen-bond acceptors (Lipinski definition) is 4. The van der Waals surface area contributed by atoms with Crippen molar-refractivity contribution in [2.75, 3.05) is 30.3 Å². The minimum Gasteiger partial charge on any atom is -0.379 e. The van der Waals surface area contributed by atoms with Gasteiger partial charge in [0.1, 0.15) is 0 Å². The third-order valence-electron chi connectivity index (χ3n) is 4.31. The molecule has 0 fully saturated rings. The van der Waals surface area contributed by atoms with Crippen LogP contribution in [0, 0.1) is 13.8 Å². The monoisotopic (exact) mass is 397 g/mol. The van der Waals surface area contributed by atoms with E-state index in [4.69, 9.17) is 4.74 Å². The molecule has 0 bridgehead atoms. The van der Waals surface area contributed by atoms with Crippen LogP contribution in [0.5, 0.6) is 0 Å². The molecule has 2 aromatic rings. The van der Waals surface area contributed by atoms with Crippen molar-refractivity contribution < 1.29 is 14.3 Å². The molecule has 0 saturated heterocycles. The minimum absolute atomic E-state index is 0.135. The Morgan fingerprint density at radius 1 is 1.03 bits per heavy atom. The van der Waals surface area contributed by atoms with Gasteiger partial charge in [0, 0.05) is 30.1 Å².